The molecule has 0 radical (unpaired) electrons. The van der Waals surface area contributed by atoms with Gasteiger partial charge in [-0.1, -0.05) is 17.7 Å². The number of hydrogen-bond donors (Lipinski definition) is 1. The van der Waals surface area contributed by atoms with E-state index in [1.165, 1.54) is 0 Å². The molecule has 3 rings (SSSR count). The van der Waals surface area contributed by atoms with Gasteiger partial charge in [-0.2, -0.15) is 0 Å². The van der Waals surface area contributed by atoms with Crippen LogP contribution in [0.1, 0.15) is 31.2 Å². The molecule has 1 fully saturated rings. The van der Waals surface area contributed by atoms with Gasteiger partial charge in [0.1, 0.15) is 18.1 Å². The van der Waals surface area contributed by atoms with Crippen LogP contribution in [0.25, 0.3) is 0 Å². The van der Waals surface area contributed by atoms with Crippen LogP contribution in [0.15, 0.2) is 42.5 Å². The van der Waals surface area contributed by atoms with Gasteiger partial charge in [-0.05, 0) is 68.1 Å². The highest BCUT2D eigenvalue weighted by Crippen LogP contribution is 2.27. The smallest absolute Gasteiger partial charge is 0.224 e. The number of carbonyl (C=O) groups excluding carboxylic acids is 1. The van der Waals surface area contributed by atoms with Crippen molar-refractivity contribution in [3.8, 4) is 11.5 Å². The second-order valence-corrected chi connectivity index (χ2v) is 7.34. The maximum atomic E-state index is 12.3. The summed E-state index contributed by atoms with van der Waals surface area (Å²) in [6.45, 7) is 3.76. The van der Waals surface area contributed by atoms with Crippen LogP contribution in [0.4, 0.5) is 5.69 Å². The predicted octanol–water partition coefficient (Wildman–Crippen LogP) is 5.00. The number of ether oxygens (including phenoxy) is 3. The van der Waals surface area contributed by atoms with E-state index in [1.807, 2.05) is 37.3 Å². The molecule has 150 valence electrons. The molecule has 1 atom stereocenters. The molecule has 5 nitrogen and oxygen atoms in total. The van der Waals surface area contributed by atoms with E-state index in [0.717, 1.165) is 30.8 Å². The van der Waals surface area contributed by atoms with Crippen LogP contribution >= 0.6 is 11.6 Å². The second-order valence-electron chi connectivity index (χ2n) is 6.90. The third-order valence-corrected chi connectivity index (χ3v) is 4.74. The molecule has 2 aromatic rings. The first-order valence-corrected chi connectivity index (χ1v) is 10.0. The summed E-state index contributed by atoms with van der Waals surface area (Å²) in [5, 5.41) is 3.61. The summed E-state index contributed by atoms with van der Waals surface area (Å²) in [4.78, 5) is 12.3. The monoisotopic (exact) mass is 403 g/mol. The number of rotatable bonds is 9. The minimum Gasteiger partial charge on any atom is -0.494 e. The van der Waals surface area contributed by atoms with Gasteiger partial charge in [0.15, 0.2) is 0 Å². The molecule has 1 aliphatic heterocycles. The van der Waals surface area contributed by atoms with Crippen molar-refractivity contribution in [2.75, 3.05) is 25.1 Å². The Morgan fingerprint density at radius 2 is 2.04 bits per heavy atom. The zero-order valence-electron chi connectivity index (χ0n) is 16.1. The van der Waals surface area contributed by atoms with E-state index in [0.29, 0.717) is 42.5 Å². The number of aryl methyl sites for hydroxylation is 1. The lowest BCUT2D eigenvalue weighted by Crippen LogP contribution is -2.18. The van der Waals surface area contributed by atoms with Crippen LogP contribution in [-0.4, -0.2) is 31.8 Å². The zero-order chi connectivity index (χ0) is 19.8. The average molecular weight is 404 g/mol. The second kappa shape index (κ2) is 10.3. The molecule has 1 heterocycles. The number of hydrogen-bond acceptors (Lipinski definition) is 4. The summed E-state index contributed by atoms with van der Waals surface area (Å²) >= 11 is 5.85. The Bertz CT molecular complexity index is 773. The maximum absolute atomic E-state index is 12.3. The molecule has 0 aromatic heterocycles. The van der Waals surface area contributed by atoms with Crippen molar-refractivity contribution in [1.82, 2.24) is 0 Å². The zero-order valence-corrected chi connectivity index (χ0v) is 16.8. The number of carbonyl (C=O) groups is 1. The van der Waals surface area contributed by atoms with Gasteiger partial charge in [-0.3, -0.25) is 4.79 Å². The van der Waals surface area contributed by atoms with Crippen molar-refractivity contribution < 1.29 is 19.0 Å². The van der Waals surface area contributed by atoms with Gasteiger partial charge >= 0.3 is 0 Å². The molecule has 1 amide bonds. The van der Waals surface area contributed by atoms with Crippen LogP contribution in [-0.2, 0) is 9.53 Å². The van der Waals surface area contributed by atoms with Gasteiger partial charge in [0.2, 0.25) is 5.91 Å². The Kier molecular flexibility index (Phi) is 7.57. The summed E-state index contributed by atoms with van der Waals surface area (Å²) < 4.78 is 17.1. The number of halogens is 1. The highest BCUT2D eigenvalue weighted by molar-refractivity contribution is 6.30. The summed E-state index contributed by atoms with van der Waals surface area (Å²) in [6, 6.07) is 13.0. The topological polar surface area (TPSA) is 56.8 Å². The summed E-state index contributed by atoms with van der Waals surface area (Å²) in [7, 11) is 0. The largest absolute Gasteiger partial charge is 0.494 e. The Hall–Kier alpha value is -2.24. The van der Waals surface area contributed by atoms with Gasteiger partial charge < -0.3 is 19.5 Å². The highest BCUT2D eigenvalue weighted by Gasteiger charge is 2.17. The van der Waals surface area contributed by atoms with Gasteiger partial charge in [-0.25, -0.2) is 0 Å². The molecule has 1 unspecified atom stereocenters. The third-order valence-electron chi connectivity index (χ3n) is 4.49. The molecule has 28 heavy (non-hydrogen) atoms. The molecule has 6 heteroatoms. The minimum absolute atomic E-state index is 0.0643. The minimum atomic E-state index is -0.0643. The first kappa shape index (κ1) is 20.5. The van der Waals surface area contributed by atoms with Crippen molar-refractivity contribution >= 4 is 23.2 Å². The molecule has 1 aliphatic rings. The van der Waals surface area contributed by atoms with Crippen LogP contribution < -0.4 is 14.8 Å². The Labute approximate surface area is 170 Å². The Morgan fingerprint density at radius 1 is 1.21 bits per heavy atom. The Balaban J connectivity index is 1.45. The normalized spacial score (nSPS) is 16.0. The number of amides is 1. The first-order valence-electron chi connectivity index (χ1n) is 9.63. The molecule has 0 saturated carbocycles. The van der Waals surface area contributed by atoms with Crippen molar-refractivity contribution in [3.63, 3.8) is 0 Å². The lowest BCUT2D eigenvalue weighted by molar-refractivity contribution is -0.116. The maximum Gasteiger partial charge on any atom is 0.224 e. The molecule has 1 N–H and O–H groups in total. The fourth-order valence-electron chi connectivity index (χ4n) is 2.98. The van der Waals surface area contributed by atoms with Gasteiger partial charge in [0, 0.05) is 18.1 Å². The standard InChI is InChI=1S/C22H26ClNO4/c1-16-6-11-20(21(14-16)28-15-19-4-2-12-27-19)24-22(25)5-3-13-26-18-9-7-17(23)8-10-18/h6-11,14,19H,2-5,12-13,15H2,1H3,(H,24,25). The van der Waals surface area contributed by atoms with E-state index < -0.39 is 0 Å². The lowest BCUT2D eigenvalue weighted by Gasteiger charge is -2.16. The van der Waals surface area contributed by atoms with Crippen molar-refractivity contribution in [2.24, 2.45) is 0 Å². The lowest BCUT2D eigenvalue weighted by atomic mass is 10.2. The van der Waals surface area contributed by atoms with Gasteiger partial charge in [0.05, 0.1) is 18.4 Å². The van der Waals surface area contributed by atoms with Crippen molar-refractivity contribution in [3.05, 3.63) is 53.1 Å². The number of nitrogens with one attached hydrogen (secondary N) is 1. The summed E-state index contributed by atoms with van der Waals surface area (Å²) in [6.07, 6.45) is 3.21. The van der Waals surface area contributed by atoms with E-state index in [1.54, 1.807) is 12.1 Å². The van der Waals surface area contributed by atoms with E-state index in [2.05, 4.69) is 5.32 Å². The molecule has 0 aliphatic carbocycles. The summed E-state index contributed by atoms with van der Waals surface area (Å²) in [5.74, 6) is 1.36. The van der Waals surface area contributed by atoms with Gasteiger partial charge in [-0.15, -0.1) is 0 Å². The number of anilines is 1. The molecular formula is C22H26ClNO4. The fourth-order valence-corrected chi connectivity index (χ4v) is 3.10. The number of benzene rings is 2. The van der Waals surface area contributed by atoms with E-state index >= 15 is 0 Å². The molecule has 0 bridgehead atoms. The molecule has 1 saturated heterocycles. The van der Waals surface area contributed by atoms with Crippen LogP contribution in [0.2, 0.25) is 5.02 Å². The molecule has 0 spiro atoms. The summed E-state index contributed by atoms with van der Waals surface area (Å²) in [5.41, 5.74) is 1.77. The van der Waals surface area contributed by atoms with Crippen LogP contribution in [0.3, 0.4) is 0 Å². The highest BCUT2D eigenvalue weighted by atomic mass is 35.5. The van der Waals surface area contributed by atoms with Crippen LogP contribution in [0.5, 0.6) is 11.5 Å². The van der Waals surface area contributed by atoms with Crippen molar-refractivity contribution in [1.29, 1.82) is 0 Å². The quantitative estimate of drug-likeness (QED) is 0.598. The average Bonchev–Trinajstić information content (AvgIpc) is 3.20. The molecule has 2 aromatic carbocycles. The third kappa shape index (κ3) is 6.43. The SMILES string of the molecule is Cc1ccc(NC(=O)CCCOc2ccc(Cl)cc2)c(OCC2CCCO2)c1. The van der Waals surface area contributed by atoms with E-state index in [-0.39, 0.29) is 12.0 Å². The van der Waals surface area contributed by atoms with E-state index in [9.17, 15) is 4.79 Å². The fraction of sp³-hybridized carbons (Fsp3) is 0.409. The van der Waals surface area contributed by atoms with E-state index in [4.69, 9.17) is 25.8 Å². The molecular weight excluding hydrogens is 378 g/mol. The van der Waals surface area contributed by atoms with Crippen LogP contribution in [0, 0.1) is 6.92 Å². The predicted molar refractivity (Wildman–Crippen MR) is 110 cm³/mol. The van der Waals surface area contributed by atoms with Crippen molar-refractivity contribution in [2.45, 2.75) is 38.7 Å². The first-order chi connectivity index (χ1) is 13.6. The van der Waals surface area contributed by atoms with Gasteiger partial charge in [0.25, 0.3) is 0 Å². The Morgan fingerprint density at radius 3 is 2.79 bits per heavy atom.